The molecule has 0 bridgehead atoms. The van der Waals surface area contributed by atoms with Crippen molar-refractivity contribution in [3.8, 4) is 0 Å². The van der Waals surface area contributed by atoms with Gasteiger partial charge in [-0.1, -0.05) is 31.2 Å². The summed E-state index contributed by atoms with van der Waals surface area (Å²) in [5.41, 5.74) is 2.41. The second-order valence-electron chi connectivity index (χ2n) is 5.78. The smallest absolute Gasteiger partial charge is 0.323 e. The molecule has 1 aromatic rings. The zero-order valence-corrected chi connectivity index (χ0v) is 12.5. The molecule has 0 aromatic heterocycles. The minimum Gasteiger partial charge on any atom is -0.480 e. The number of carbonyl (C=O) groups excluding carboxylic acids is 1. The minimum atomic E-state index is -0.934. The first-order valence-corrected chi connectivity index (χ1v) is 7.66. The number of rotatable bonds is 8. The van der Waals surface area contributed by atoms with E-state index < -0.39 is 5.97 Å². The van der Waals surface area contributed by atoms with Crippen LogP contribution in [-0.2, 0) is 22.4 Å². The lowest BCUT2D eigenvalue weighted by Gasteiger charge is -2.20. The van der Waals surface area contributed by atoms with Gasteiger partial charge in [0.25, 0.3) is 0 Å². The van der Waals surface area contributed by atoms with Crippen LogP contribution in [0.25, 0.3) is 0 Å². The van der Waals surface area contributed by atoms with Crippen molar-refractivity contribution in [3.05, 3.63) is 35.4 Å². The Morgan fingerprint density at radius 3 is 2.33 bits per heavy atom. The molecular weight excluding hydrogens is 266 g/mol. The van der Waals surface area contributed by atoms with Crippen molar-refractivity contribution in [2.75, 3.05) is 13.1 Å². The molecule has 0 heterocycles. The fraction of sp³-hybridized carbons (Fsp3) is 0.529. The van der Waals surface area contributed by atoms with Crippen molar-refractivity contribution in [2.24, 2.45) is 5.92 Å². The maximum Gasteiger partial charge on any atom is 0.323 e. The number of hydrogen-bond donors (Lipinski definition) is 1. The van der Waals surface area contributed by atoms with E-state index in [1.54, 1.807) is 0 Å². The Balaban J connectivity index is 1.86. The summed E-state index contributed by atoms with van der Waals surface area (Å²) >= 11 is 0. The van der Waals surface area contributed by atoms with E-state index in [1.165, 1.54) is 10.5 Å². The monoisotopic (exact) mass is 289 g/mol. The van der Waals surface area contributed by atoms with Crippen molar-refractivity contribution in [1.29, 1.82) is 0 Å². The number of carboxylic acids is 1. The van der Waals surface area contributed by atoms with Crippen LogP contribution in [0.5, 0.6) is 0 Å². The summed E-state index contributed by atoms with van der Waals surface area (Å²) in [7, 11) is 0. The lowest BCUT2D eigenvalue weighted by atomic mass is 10.1. The highest BCUT2D eigenvalue weighted by Gasteiger charge is 2.27. The number of hydrogen-bond acceptors (Lipinski definition) is 2. The first-order valence-electron chi connectivity index (χ1n) is 7.66. The van der Waals surface area contributed by atoms with Gasteiger partial charge in [-0.2, -0.15) is 0 Å². The molecule has 1 aliphatic carbocycles. The fourth-order valence-electron chi connectivity index (χ4n) is 2.38. The third-order valence-electron chi connectivity index (χ3n) is 3.91. The summed E-state index contributed by atoms with van der Waals surface area (Å²) < 4.78 is 0. The standard InChI is InChI=1S/C17H23NO3/c1-2-13-3-5-14(6-4-13)9-10-16(19)18(12-17(20)21)11-15-7-8-15/h3-6,15H,2,7-12H2,1H3,(H,20,21). The lowest BCUT2D eigenvalue weighted by Crippen LogP contribution is -2.37. The molecule has 0 spiro atoms. The highest BCUT2D eigenvalue weighted by Crippen LogP contribution is 2.29. The van der Waals surface area contributed by atoms with Crippen molar-refractivity contribution in [1.82, 2.24) is 4.90 Å². The van der Waals surface area contributed by atoms with Gasteiger partial charge in [0.05, 0.1) is 0 Å². The summed E-state index contributed by atoms with van der Waals surface area (Å²) in [6.45, 7) is 2.53. The Labute approximate surface area is 125 Å². The van der Waals surface area contributed by atoms with Gasteiger partial charge in [-0.05, 0) is 42.7 Å². The van der Waals surface area contributed by atoms with Crippen LogP contribution >= 0.6 is 0 Å². The van der Waals surface area contributed by atoms with Gasteiger partial charge >= 0.3 is 5.97 Å². The van der Waals surface area contributed by atoms with Crippen LogP contribution in [-0.4, -0.2) is 35.0 Å². The van der Waals surface area contributed by atoms with E-state index in [1.807, 2.05) is 0 Å². The van der Waals surface area contributed by atoms with Crippen LogP contribution in [0.15, 0.2) is 24.3 Å². The van der Waals surface area contributed by atoms with E-state index >= 15 is 0 Å². The minimum absolute atomic E-state index is 0.0520. The van der Waals surface area contributed by atoms with Crippen LogP contribution in [0.1, 0.15) is 37.3 Å². The third kappa shape index (κ3) is 5.21. The van der Waals surface area contributed by atoms with Gasteiger partial charge in [0, 0.05) is 13.0 Å². The van der Waals surface area contributed by atoms with Crippen molar-refractivity contribution >= 4 is 11.9 Å². The second-order valence-corrected chi connectivity index (χ2v) is 5.78. The highest BCUT2D eigenvalue weighted by molar-refractivity contribution is 5.81. The molecule has 21 heavy (non-hydrogen) atoms. The van der Waals surface area contributed by atoms with E-state index in [4.69, 9.17) is 5.11 Å². The normalized spacial score (nSPS) is 14.0. The largest absolute Gasteiger partial charge is 0.480 e. The summed E-state index contributed by atoms with van der Waals surface area (Å²) in [6, 6.07) is 8.27. The van der Waals surface area contributed by atoms with Crippen LogP contribution in [0.3, 0.4) is 0 Å². The van der Waals surface area contributed by atoms with Crippen molar-refractivity contribution in [2.45, 2.75) is 39.0 Å². The maximum atomic E-state index is 12.2. The molecule has 0 radical (unpaired) electrons. The molecule has 1 saturated carbocycles. The van der Waals surface area contributed by atoms with Crippen molar-refractivity contribution < 1.29 is 14.7 Å². The number of nitrogens with zero attached hydrogens (tertiary/aromatic N) is 1. The van der Waals surface area contributed by atoms with E-state index in [0.717, 1.165) is 24.8 Å². The molecule has 0 saturated heterocycles. The number of aliphatic carboxylic acids is 1. The first-order chi connectivity index (χ1) is 10.1. The molecule has 1 aliphatic rings. The number of aryl methyl sites for hydroxylation is 2. The second kappa shape index (κ2) is 7.25. The van der Waals surface area contributed by atoms with Gasteiger partial charge in [-0.3, -0.25) is 9.59 Å². The van der Waals surface area contributed by atoms with Crippen LogP contribution in [0.4, 0.5) is 0 Å². The quantitative estimate of drug-likeness (QED) is 0.800. The molecule has 2 rings (SSSR count). The molecule has 1 aromatic carbocycles. The first kappa shape index (κ1) is 15.5. The van der Waals surface area contributed by atoms with Crippen LogP contribution < -0.4 is 0 Å². The Hall–Kier alpha value is -1.84. The number of benzene rings is 1. The van der Waals surface area contributed by atoms with E-state index in [2.05, 4.69) is 31.2 Å². The average molecular weight is 289 g/mol. The van der Waals surface area contributed by atoms with E-state index in [9.17, 15) is 9.59 Å². The molecule has 1 N–H and O–H groups in total. The Morgan fingerprint density at radius 2 is 1.81 bits per heavy atom. The molecule has 0 unspecified atom stereocenters. The molecular formula is C17H23NO3. The molecule has 4 heteroatoms. The number of carboxylic acid groups (broad SMARTS) is 1. The molecule has 4 nitrogen and oxygen atoms in total. The van der Waals surface area contributed by atoms with Gasteiger partial charge in [0.15, 0.2) is 0 Å². The van der Waals surface area contributed by atoms with E-state index in [-0.39, 0.29) is 12.5 Å². The fourth-order valence-corrected chi connectivity index (χ4v) is 2.38. The summed E-state index contributed by atoms with van der Waals surface area (Å²) in [5.74, 6) is -0.475. The summed E-state index contributed by atoms with van der Waals surface area (Å²) in [6.07, 6.45) is 4.28. The lowest BCUT2D eigenvalue weighted by molar-refractivity contribution is -0.144. The number of amides is 1. The zero-order chi connectivity index (χ0) is 15.2. The topological polar surface area (TPSA) is 57.6 Å². The van der Waals surface area contributed by atoms with Crippen LogP contribution in [0, 0.1) is 5.92 Å². The van der Waals surface area contributed by atoms with Crippen molar-refractivity contribution in [3.63, 3.8) is 0 Å². The third-order valence-corrected chi connectivity index (χ3v) is 3.91. The Kier molecular flexibility index (Phi) is 5.37. The molecule has 114 valence electrons. The molecule has 0 aliphatic heterocycles. The van der Waals surface area contributed by atoms with Gasteiger partial charge in [0.1, 0.15) is 6.54 Å². The highest BCUT2D eigenvalue weighted by atomic mass is 16.4. The molecule has 1 fully saturated rings. The Bertz CT molecular complexity index is 491. The predicted molar refractivity (Wildman–Crippen MR) is 81.1 cm³/mol. The molecule has 1 amide bonds. The van der Waals surface area contributed by atoms with Crippen LogP contribution in [0.2, 0.25) is 0 Å². The summed E-state index contributed by atoms with van der Waals surface area (Å²) in [4.78, 5) is 24.6. The van der Waals surface area contributed by atoms with Gasteiger partial charge < -0.3 is 10.0 Å². The zero-order valence-electron chi connectivity index (χ0n) is 12.5. The van der Waals surface area contributed by atoms with Gasteiger partial charge in [-0.15, -0.1) is 0 Å². The maximum absolute atomic E-state index is 12.2. The molecule has 0 atom stereocenters. The van der Waals surface area contributed by atoms with E-state index in [0.29, 0.717) is 25.3 Å². The average Bonchev–Trinajstić information content (AvgIpc) is 3.28. The Morgan fingerprint density at radius 1 is 1.19 bits per heavy atom. The SMILES string of the molecule is CCc1ccc(CCC(=O)N(CC(=O)O)CC2CC2)cc1. The predicted octanol–water partition coefficient (Wildman–Crippen LogP) is 2.50. The number of carbonyl (C=O) groups is 2. The van der Waals surface area contributed by atoms with Gasteiger partial charge in [0.2, 0.25) is 5.91 Å². The summed E-state index contributed by atoms with van der Waals surface area (Å²) in [5, 5.41) is 8.92. The van der Waals surface area contributed by atoms with Gasteiger partial charge in [-0.25, -0.2) is 0 Å².